The van der Waals surface area contributed by atoms with E-state index in [1.807, 2.05) is 60.2 Å². The van der Waals surface area contributed by atoms with Gasteiger partial charge in [-0.05, 0) is 55.7 Å². The molecular formula is C26H31ClN6O2. The second-order valence-corrected chi connectivity index (χ2v) is 9.80. The maximum Gasteiger partial charge on any atom is 0.321 e. The summed E-state index contributed by atoms with van der Waals surface area (Å²) in [4.78, 5) is 36.5. The maximum absolute atomic E-state index is 12.8. The van der Waals surface area contributed by atoms with Crippen molar-refractivity contribution in [2.24, 2.45) is 7.05 Å². The van der Waals surface area contributed by atoms with Crippen LogP contribution in [0.15, 0.2) is 36.4 Å². The van der Waals surface area contributed by atoms with E-state index < -0.39 is 0 Å². The summed E-state index contributed by atoms with van der Waals surface area (Å²) in [5.74, 6) is 1.05. The first-order valence-corrected chi connectivity index (χ1v) is 12.6. The molecule has 3 aromatic rings. The lowest BCUT2D eigenvalue weighted by molar-refractivity contribution is 0.0793. The van der Waals surface area contributed by atoms with Gasteiger partial charge in [0.1, 0.15) is 5.82 Å². The van der Waals surface area contributed by atoms with Gasteiger partial charge in [-0.2, -0.15) is 0 Å². The molecule has 5 rings (SSSR count). The summed E-state index contributed by atoms with van der Waals surface area (Å²) in [6, 6.07) is 11.2. The van der Waals surface area contributed by atoms with Gasteiger partial charge in [0.15, 0.2) is 0 Å². The third kappa shape index (κ3) is 4.86. The number of urea groups is 1. The molecule has 0 bridgehead atoms. The summed E-state index contributed by atoms with van der Waals surface area (Å²) >= 11 is 6.18. The Morgan fingerprint density at radius 2 is 1.74 bits per heavy atom. The van der Waals surface area contributed by atoms with Crippen LogP contribution in [-0.2, 0) is 13.6 Å². The van der Waals surface area contributed by atoms with E-state index in [-0.39, 0.29) is 11.9 Å². The lowest BCUT2D eigenvalue weighted by Crippen LogP contribution is -2.49. The minimum absolute atomic E-state index is 0.0963. The number of likely N-dealkylation sites (tertiary alicyclic amines) is 1. The van der Waals surface area contributed by atoms with Crippen LogP contribution in [0.25, 0.3) is 11.0 Å². The van der Waals surface area contributed by atoms with E-state index in [2.05, 4.69) is 14.8 Å². The number of nitrogens with one attached hydrogen (secondary N) is 1. The summed E-state index contributed by atoms with van der Waals surface area (Å²) in [7, 11) is 2.02. The minimum Gasteiger partial charge on any atom is -0.339 e. The lowest BCUT2D eigenvalue weighted by Gasteiger charge is -2.34. The van der Waals surface area contributed by atoms with Crippen LogP contribution in [-0.4, -0.2) is 75.5 Å². The summed E-state index contributed by atoms with van der Waals surface area (Å²) in [5, 5.41) is 3.62. The van der Waals surface area contributed by atoms with Crippen molar-refractivity contribution in [3.63, 3.8) is 0 Å². The molecule has 0 saturated carbocycles. The molecule has 9 heteroatoms. The summed E-state index contributed by atoms with van der Waals surface area (Å²) in [5.41, 5.74) is 4.19. The molecule has 0 radical (unpaired) electrons. The standard InChI is InChI=1S/C26H31ClN6O2/c1-18-20(27)6-5-7-21(18)29-26(35)33-14-12-31(13-15-33)17-24-28-22-16-19(8-9-23(22)30(24)2)25(34)32-10-3-4-11-32/h5-9,16H,3-4,10-15,17H2,1-2H3,(H,29,35). The Kier molecular flexibility index (Phi) is 6.67. The molecule has 2 fully saturated rings. The number of aryl methyl sites for hydroxylation is 1. The number of imidazole rings is 1. The van der Waals surface area contributed by atoms with E-state index in [1.54, 1.807) is 0 Å². The Hall–Kier alpha value is -3.10. The number of benzene rings is 2. The molecule has 0 atom stereocenters. The third-order valence-electron chi connectivity index (χ3n) is 7.15. The Labute approximate surface area is 210 Å². The first kappa shape index (κ1) is 23.6. The summed E-state index contributed by atoms with van der Waals surface area (Å²) in [6.45, 7) is 7.10. The first-order valence-electron chi connectivity index (χ1n) is 12.2. The molecule has 0 aliphatic carbocycles. The van der Waals surface area contributed by atoms with E-state index >= 15 is 0 Å². The highest BCUT2D eigenvalue weighted by atomic mass is 35.5. The summed E-state index contributed by atoms with van der Waals surface area (Å²) in [6.07, 6.45) is 2.16. The molecule has 1 aromatic heterocycles. The van der Waals surface area contributed by atoms with Gasteiger partial charge in [-0.1, -0.05) is 17.7 Å². The zero-order chi connectivity index (χ0) is 24.5. The van der Waals surface area contributed by atoms with Gasteiger partial charge in [-0.15, -0.1) is 0 Å². The van der Waals surface area contributed by atoms with Gasteiger partial charge in [0.2, 0.25) is 0 Å². The number of anilines is 1. The van der Waals surface area contributed by atoms with E-state index in [0.29, 0.717) is 30.2 Å². The zero-order valence-electron chi connectivity index (χ0n) is 20.3. The van der Waals surface area contributed by atoms with Gasteiger partial charge in [0.05, 0.1) is 17.6 Å². The molecule has 2 saturated heterocycles. The molecule has 3 heterocycles. The number of hydrogen-bond acceptors (Lipinski definition) is 4. The van der Waals surface area contributed by atoms with Gasteiger partial charge >= 0.3 is 6.03 Å². The van der Waals surface area contributed by atoms with E-state index in [0.717, 1.165) is 67.1 Å². The number of nitrogens with zero attached hydrogens (tertiary/aromatic N) is 5. The minimum atomic E-state index is -0.104. The average molecular weight is 495 g/mol. The van der Waals surface area contributed by atoms with Crippen LogP contribution in [0.3, 0.4) is 0 Å². The number of carbonyl (C=O) groups is 2. The molecule has 3 amide bonds. The molecule has 2 aliphatic heterocycles. The van der Waals surface area contributed by atoms with Gasteiger partial charge in [-0.25, -0.2) is 9.78 Å². The number of rotatable bonds is 4. The molecule has 8 nitrogen and oxygen atoms in total. The van der Waals surface area contributed by atoms with Crippen LogP contribution in [0, 0.1) is 6.92 Å². The van der Waals surface area contributed by atoms with Gasteiger partial charge in [-0.3, -0.25) is 9.69 Å². The molecule has 1 N–H and O–H groups in total. The summed E-state index contributed by atoms with van der Waals surface area (Å²) < 4.78 is 2.10. The van der Waals surface area contributed by atoms with Crippen LogP contribution in [0.1, 0.15) is 34.6 Å². The Balaban J connectivity index is 1.21. The molecule has 35 heavy (non-hydrogen) atoms. The van der Waals surface area contributed by atoms with Crippen molar-refractivity contribution in [3.8, 4) is 0 Å². The first-order chi connectivity index (χ1) is 16.9. The number of piperazine rings is 1. The highest BCUT2D eigenvalue weighted by Gasteiger charge is 2.24. The van der Waals surface area contributed by atoms with Gasteiger partial charge < -0.3 is 19.7 Å². The highest BCUT2D eigenvalue weighted by Crippen LogP contribution is 2.24. The zero-order valence-corrected chi connectivity index (χ0v) is 21.0. The number of carbonyl (C=O) groups excluding carboxylic acids is 2. The topological polar surface area (TPSA) is 73.7 Å². The highest BCUT2D eigenvalue weighted by molar-refractivity contribution is 6.31. The van der Waals surface area contributed by atoms with Gasteiger partial charge in [0, 0.05) is 62.6 Å². The van der Waals surface area contributed by atoms with Crippen LogP contribution in [0.5, 0.6) is 0 Å². The molecular weight excluding hydrogens is 464 g/mol. The van der Waals surface area contributed by atoms with Crippen molar-refractivity contribution in [2.45, 2.75) is 26.3 Å². The van der Waals surface area contributed by atoms with Crippen LogP contribution in [0.2, 0.25) is 5.02 Å². The van der Waals surface area contributed by atoms with Crippen molar-refractivity contribution in [1.29, 1.82) is 0 Å². The predicted octanol–water partition coefficient (Wildman–Crippen LogP) is 4.12. The fraction of sp³-hybridized carbons (Fsp3) is 0.423. The smallest absolute Gasteiger partial charge is 0.321 e. The fourth-order valence-electron chi connectivity index (χ4n) is 4.87. The van der Waals surface area contributed by atoms with Crippen molar-refractivity contribution in [3.05, 3.63) is 58.4 Å². The third-order valence-corrected chi connectivity index (χ3v) is 7.56. The van der Waals surface area contributed by atoms with E-state index in [9.17, 15) is 9.59 Å². The fourth-order valence-corrected chi connectivity index (χ4v) is 5.05. The molecule has 0 unspecified atom stereocenters. The van der Waals surface area contributed by atoms with Crippen LogP contribution in [0.4, 0.5) is 10.5 Å². The Morgan fingerprint density at radius 1 is 1.00 bits per heavy atom. The Bertz CT molecular complexity index is 1260. The van der Waals surface area contributed by atoms with Crippen molar-refractivity contribution in [2.75, 3.05) is 44.6 Å². The second-order valence-electron chi connectivity index (χ2n) is 9.40. The van der Waals surface area contributed by atoms with Crippen molar-refractivity contribution < 1.29 is 9.59 Å². The number of halogens is 1. The number of fused-ring (bicyclic) bond motifs is 1. The van der Waals surface area contributed by atoms with E-state index in [1.165, 1.54) is 0 Å². The number of aromatic nitrogens is 2. The predicted molar refractivity (Wildman–Crippen MR) is 138 cm³/mol. The van der Waals surface area contributed by atoms with E-state index in [4.69, 9.17) is 16.6 Å². The van der Waals surface area contributed by atoms with Crippen LogP contribution >= 0.6 is 11.6 Å². The largest absolute Gasteiger partial charge is 0.339 e. The van der Waals surface area contributed by atoms with Crippen molar-refractivity contribution in [1.82, 2.24) is 24.3 Å². The Morgan fingerprint density at radius 3 is 2.49 bits per heavy atom. The van der Waals surface area contributed by atoms with Gasteiger partial charge in [0.25, 0.3) is 5.91 Å². The normalized spacial score (nSPS) is 16.8. The maximum atomic E-state index is 12.8. The van der Waals surface area contributed by atoms with Crippen molar-refractivity contribution >= 4 is 40.3 Å². The molecule has 0 spiro atoms. The quantitative estimate of drug-likeness (QED) is 0.592. The number of amides is 3. The SMILES string of the molecule is Cc1c(Cl)cccc1NC(=O)N1CCN(Cc2nc3cc(C(=O)N4CCCC4)ccc3n2C)CC1. The van der Waals surface area contributed by atoms with Crippen LogP contribution < -0.4 is 5.32 Å². The molecule has 184 valence electrons. The monoisotopic (exact) mass is 494 g/mol. The lowest BCUT2D eigenvalue weighted by atomic mass is 10.2. The molecule has 2 aromatic carbocycles. The second kappa shape index (κ2) is 9.87. The number of hydrogen-bond donors (Lipinski definition) is 1. The molecule has 2 aliphatic rings. The average Bonchev–Trinajstić information content (AvgIpc) is 3.50.